The van der Waals surface area contributed by atoms with E-state index in [0.29, 0.717) is 5.92 Å². The maximum Gasteiger partial charge on any atom is 0.419 e. The summed E-state index contributed by atoms with van der Waals surface area (Å²) in [5.74, 6) is 0.443. The molecule has 1 heterocycles. The van der Waals surface area contributed by atoms with Crippen LogP contribution in [-0.2, 0) is 11.0 Å². The number of para-hydroxylation sites is 1. The molecule has 1 atom stereocenters. The third kappa shape index (κ3) is 4.40. The van der Waals surface area contributed by atoms with Crippen molar-refractivity contribution in [3.8, 4) is 5.75 Å². The molecule has 0 radical (unpaired) electrons. The molecule has 1 amide bonds. The van der Waals surface area contributed by atoms with Crippen LogP contribution in [0, 0.1) is 5.92 Å². The Morgan fingerprint density at radius 2 is 1.88 bits per heavy atom. The van der Waals surface area contributed by atoms with Gasteiger partial charge in [0.1, 0.15) is 11.5 Å². The molecule has 1 aliphatic carbocycles. The van der Waals surface area contributed by atoms with E-state index in [1.54, 1.807) is 4.90 Å². The number of rotatable bonds is 5. The van der Waals surface area contributed by atoms with Gasteiger partial charge in [0.2, 0.25) is 0 Å². The molecule has 26 heavy (non-hydrogen) atoms. The van der Waals surface area contributed by atoms with Crippen molar-refractivity contribution in [1.29, 1.82) is 0 Å². The molecule has 1 aromatic carbocycles. The van der Waals surface area contributed by atoms with E-state index >= 15 is 0 Å². The van der Waals surface area contributed by atoms with Gasteiger partial charge in [-0.05, 0) is 31.4 Å². The number of benzene rings is 1. The molecule has 1 unspecified atom stereocenters. The van der Waals surface area contributed by atoms with Crippen LogP contribution in [0.25, 0.3) is 0 Å². The molecule has 0 bridgehead atoms. The lowest BCUT2D eigenvalue weighted by atomic mass is 9.85. The fourth-order valence-corrected chi connectivity index (χ4v) is 3.91. The summed E-state index contributed by atoms with van der Waals surface area (Å²) >= 11 is 0. The number of alkyl halides is 3. The van der Waals surface area contributed by atoms with Gasteiger partial charge in [-0.2, -0.15) is 13.2 Å². The average molecular weight is 367 g/mol. The Morgan fingerprint density at radius 3 is 2.58 bits per heavy atom. The number of nitrogens with zero attached hydrogens (tertiary/aromatic N) is 1. The number of amides is 1. The van der Waals surface area contributed by atoms with Gasteiger partial charge in [0.05, 0.1) is 12.1 Å². The van der Waals surface area contributed by atoms with Gasteiger partial charge >= 0.3 is 6.18 Å². The highest BCUT2D eigenvalue weighted by Crippen LogP contribution is 2.37. The lowest BCUT2D eigenvalue weighted by Gasteiger charge is -2.30. The van der Waals surface area contributed by atoms with Crippen molar-refractivity contribution in [2.45, 2.75) is 57.7 Å². The predicted octanol–water partition coefficient (Wildman–Crippen LogP) is 5.17. The van der Waals surface area contributed by atoms with E-state index in [0.717, 1.165) is 12.5 Å². The number of hydrogen-bond donors (Lipinski definition) is 0. The minimum absolute atomic E-state index is 0.0563. The van der Waals surface area contributed by atoms with Crippen molar-refractivity contribution in [2.24, 2.45) is 5.92 Å². The standard InChI is InChI=1S/C20H24F3NO2/c1-14(11-15-7-3-2-4-8-15)24-13-16(12-19(24)25)26-18-10-6-5-9-17(18)20(21,22)23/h5-6,9-10,12,14-15H,2-4,7-8,11,13H2,1H3. The summed E-state index contributed by atoms with van der Waals surface area (Å²) < 4.78 is 44.7. The van der Waals surface area contributed by atoms with E-state index in [1.165, 1.54) is 56.4 Å². The second-order valence-electron chi connectivity index (χ2n) is 7.26. The summed E-state index contributed by atoms with van der Waals surface area (Å²) in [5, 5.41) is 0. The normalized spacial score (nSPS) is 20.2. The molecule has 142 valence electrons. The summed E-state index contributed by atoms with van der Waals surface area (Å²) in [7, 11) is 0. The number of carbonyl (C=O) groups excluding carboxylic acids is 1. The van der Waals surface area contributed by atoms with E-state index in [4.69, 9.17) is 4.74 Å². The molecule has 3 rings (SSSR count). The first-order valence-electron chi connectivity index (χ1n) is 9.20. The maximum atomic E-state index is 13.1. The number of ether oxygens (including phenoxy) is 1. The van der Waals surface area contributed by atoms with Gasteiger partial charge in [-0.1, -0.05) is 44.2 Å². The SMILES string of the molecule is CC(CC1CCCCC1)N1CC(Oc2ccccc2C(F)(F)F)=CC1=O. The monoisotopic (exact) mass is 367 g/mol. The van der Waals surface area contributed by atoms with Crippen molar-refractivity contribution in [2.75, 3.05) is 6.54 Å². The molecule has 1 fully saturated rings. The molecule has 0 N–H and O–H groups in total. The van der Waals surface area contributed by atoms with Crippen LogP contribution in [0.4, 0.5) is 13.2 Å². The van der Waals surface area contributed by atoms with Gasteiger partial charge < -0.3 is 9.64 Å². The lowest BCUT2D eigenvalue weighted by Crippen LogP contribution is -2.37. The number of hydrogen-bond acceptors (Lipinski definition) is 2. The molecule has 1 saturated carbocycles. The molecule has 0 saturated heterocycles. The lowest BCUT2D eigenvalue weighted by molar-refractivity contribution is -0.138. The third-order valence-corrected chi connectivity index (χ3v) is 5.26. The first kappa shape index (κ1) is 18.8. The highest BCUT2D eigenvalue weighted by molar-refractivity contribution is 5.91. The fraction of sp³-hybridized carbons (Fsp3) is 0.550. The van der Waals surface area contributed by atoms with Gasteiger partial charge in [-0.3, -0.25) is 4.79 Å². The zero-order valence-corrected chi connectivity index (χ0v) is 14.9. The summed E-state index contributed by atoms with van der Waals surface area (Å²) in [6.07, 6.45) is 3.92. The summed E-state index contributed by atoms with van der Waals surface area (Å²) in [6.45, 7) is 2.23. The van der Waals surface area contributed by atoms with Gasteiger partial charge in [0.15, 0.2) is 0 Å². The Hall–Kier alpha value is -1.98. The first-order chi connectivity index (χ1) is 12.3. The van der Waals surface area contributed by atoms with Gasteiger partial charge in [-0.25, -0.2) is 0 Å². The summed E-state index contributed by atoms with van der Waals surface area (Å²) in [4.78, 5) is 14.0. The molecule has 1 aliphatic heterocycles. The highest BCUT2D eigenvalue weighted by atomic mass is 19.4. The van der Waals surface area contributed by atoms with Gasteiger partial charge in [0.25, 0.3) is 5.91 Å². The van der Waals surface area contributed by atoms with E-state index in [1.807, 2.05) is 6.92 Å². The van der Waals surface area contributed by atoms with Gasteiger partial charge in [0, 0.05) is 12.1 Å². The van der Waals surface area contributed by atoms with Crippen molar-refractivity contribution >= 4 is 5.91 Å². The summed E-state index contributed by atoms with van der Waals surface area (Å²) in [6, 6.07) is 5.13. The predicted molar refractivity (Wildman–Crippen MR) is 92.5 cm³/mol. The largest absolute Gasteiger partial charge is 0.459 e. The van der Waals surface area contributed by atoms with E-state index in [2.05, 4.69) is 0 Å². The Morgan fingerprint density at radius 1 is 1.19 bits per heavy atom. The van der Waals surface area contributed by atoms with E-state index in [9.17, 15) is 18.0 Å². The zero-order chi connectivity index (χ0) is 18.7. The highest BCUT2D eigenvalue weighted by Gasteiger charge is 2.35. The second-order valence-corrected chi connectivity index (χ2v) is 7.26. The van der Waals surface area contributed by atoms with Crippen LogP contribution in [0.3, 0.4) is 0 Å². The number of halogens is 3. The third-order valence-electron chi connectivity index (χ3n) is 5.26. The molecule has 0 spiro atoms. The molecule has 3 nitrogen and oxygen atoms in total. The van der Waals surface area contributed by atoms with Crippen LogP contribution in [0.1, 0.15) is 51.0 Å². The minimum atomic E-state index is -4.49. The zero-order valence-electron chi connectivity index (χ0n) is 14.9. The van der Waals surface area contributed by atoms with Crippen molar-refractivity contribution < 1.29 is 22.7 Å². The molecular weight excluding hydrogens is 343 g/mol. The van der Waals surface area contributed by atoms with Crippen LogP contribution >= 0.6 is 0 Å². The Bertz CT molecular complexity index is 678. The Balaban J connectivity index is 1.63. The Kier molecular flexibility index (Phi) is 5.58. The van der Waals surface area contributed by atoms with E-state index in [-0.39, 0.29) is 30.0 Å². The quantitative estimate of drug-likeness (QED) is 0.719. The molecule has 1 aromatic rings. The topological polar surface area (TPSA) is 29.5 Å². The first-order valence-corrected chi connectivity index (χ1v) is 9.20. The van der Waals surface area contributed by atoms with E-state index < -0.39 is 11.7 Å². The van der Waals surface area contributed by atoms with Crippen LogP contribution in [0.2, 0.25) is 0 Å². The van der Waals surface area contributed by atoms with Crippen LogP contribution in [0.15, 0.2) is 36.1 Å². The number of carbonyl (C=O) groups is 1. The Labute approximate surface area is 151 Å². The van der Waals surface area contributed by atoms with Crippen molar-refractivity contribution in [3.05, 3.63) is 41.7 Å². The van der Waals surface area contributed by atoms with Crippen LogP contribution in [0.5, 0.6) is 5.75 Å². The minimum Gasteiger partial charge on any atom is -0.459 e. The molecular formula is C20H24F3NO2. The second kappa shape index (κ2) is 7.72. The average Bonchev–Trinajstić information content (AvgIpc) is 2.96. The fourth-order valence-electron chi connectivity index (χ4n) is 3.91. The maximum absolute atomic E-state index is 13.1. The molecule has 2 aliphatic rings. The summed E-state index contributed by atoms with van der Waals surface area (Å²) in [5.41, 5.74) is -0.831. The molecule has 0 aromatic heterocycles. The van der Waals surface area contributed by atoms with Gasteiger partial charge in [-0.15, -0.1) is 0 Å². The van der Waals surface area contributed by atoms with Crippen LogP contribution in [-0.4, -0.2) is 23.4 Å². The molecule has 6 heteroatoms. The smallest absolute Gasteiger partial charge is 0.419 e. The van der Waals surface area contributed by atoms with Crippen molar-refractivity contribution in [3.63, 3.8) is 0 Å². The van der Waals surface area contributed by atoms with Crippen molar-refractivity contribution in [1.82, 2.24) is 4.90 Å². The van der Waals surface area contributed by atoms with Crippen LogP contribution < -0.4 is 4.74 Å².